The Hall–Kier alpha value is -3.28. The van der Waals surface area contributed by atoms with Gasteiger partial charge in [-0.05, 0) is 65.0 Å². The molecule has 0 saturated carbocycles. The molecule has 3 aromatic rings. The fraction of sp³-hybridized carbons (Fsp3) is 0.304. The zero-order valence-corrected chi connectivity index (χ0v) is 17.6. The summed E-state index contributed by atoms with van der Waals surface area (Å²) in [6.45, 7) is 10.7. The fourth-order valence-electron chi connectivity index (χ4n) is 3.14. The minimum absolute atomic E-state index is 0.219. The van der Waals surface area contributed by atoms with Crippen molar-refractivity contribution in [2.24, 2.45) is 0 Å². The van der Waals surface area contributed by atoms with Crippen LogP contribution in [0.5, 0.6) is 11.5 Å². The van der Waals surface area contributed by atoms with Crippen LogP contribution in [0, 0.1) is 20.8 Å². The van der Waals surface area contributed by atoms with E-state index in [0.29, 0.717) is 36.0 Å². The number of anilines is 1. The lowest BCUT2D eigenvalue weighted by molar-refractivity contribution is 0.102. The molecule has 0 spiro atoms. The van der Waals surface area contributed by atoms with Gasteiger partial charge in [-0.15, -0.1) is 0 Å². The second kappa shape index (κ2) is 8.82. The second-order valence-corrected chi connectivity index (χ2v) is 6.77. The first-order valence-electron chi connectivity index (χ1n) is 9.78. The van der Waals surface area contributed by atoms with E-state index in [1.165, 1.54) is 5.56 Å². The van der Waals surface area contributed by atoms with Gasteiger partial charge in [0.25, 0.3) is 5.91 Å². The van der Waals surface area contributed by atoms with Gasteiger partial charge < -0.3 is 14.8 Å². The Kier molecular flexibility index (Phi) is 6.22. The van der Waals surface area contributed by atoms with Crippen LogP contribution >= 0.6 is 0 Å². The Morgan fingerprint density at radius 1 is 0.966 bits per heavy atom. The molecule has 0 atom stereocenters. The highest BCUT2D eigenvalue weighted by atomic mass is 16.5. The summed E-state index contributed by atoms with van der Waals surface area (Å²) in [5.74, 6) is 0.972. The molecule has 0 radical (unpaired) electrons. The molecule has 0 bridgehead atoms. The van der Waals surface area contributed by atoms with E-state index in [1.54, 1.807) is 18.2 Å². The average molecular weight is 393 g/mol. The Bertz CT molecular complexity index is 1010. The number of amides is 1. The third-order valence-corrected chi connectivity index (χ3v) is 4.61. The van der Waals surface area contributed by atoms with Gasteiger partial charge >= 0.3 is 0 Å². The smallest absolute Gasteiger partial charge is 0.255 e. The van der Waals surface area contributed by atoms with Crippen molar-refractivity contribution in [1.82, 2.24) is 9.78 Å². The number of benzene rings is 2. The van der Waals surface area contributed by atoms with Gasteiger partial charge in [-0.3, -0.25) is 4.79 Å². The van der Waals surface area contributed by atoms with Gasteiger partial charge in [-0.1, -0.05) is 17.7 Å². The summed E-state index contributed by atoms with van der Waals surface area (Å²) >= 11 is 0. The summed E-state index contributed by atoms with van der Waals surface area (Å²) in [4.78, 5) is 12.9. The zero-order valence-electron chi connectivity index (χ0n) is 17.6. The maximum absolute atomic E-state index is 12.9. The summed E-state index contributed by atoms with van der Waals surface area (Å²) in [5, 5.41) is 7.60. The number of carbonyl (C=O) groups excluding carboxylic acids is 1. The first-order chi connectivity index (χ1) is 13.9. The van der Waals surface area contributed by atoms with E-state index in [-0.39, 0.29) is 5.91 Å². The summed E-state index contributed by atoms with van der Waals surface area (Å²) in [6.07, 6.45) is 0. The molecule has 1 aromatic heterocycles. The van der Waals surface area contributed by atoms with Gasteiger partial charge in [-0.25, -0.2) is 4.68 Å². The number of nitrogens with zero attached hydrogens (tertiary/aromatic N) is 2. The van der Waals surface area contributed by atoms with Gasteiger partial charge in [0.05, 0.1) is 36.0 Å². The molecule has 0 aliphatic carbocycles. The minimum Gasteiger partial charge on any atom is -0.490 e. The summed E-state index contributed by atoms with van der Waals surface area (Å²) < 4.78 is 13.0. The molecule has 0 aliphatic heterocycles. The Balaban J connectivity index is 1.87. The minimum atomic E-state index is -0.219. The molecule has 152 valence electrons. The van der Waals surface area contributed by atoms with Crippen molar-refractivity contribution in [3.63, 3.8) is 0 Å². The van der Waals surface area contributed by atoms with Gasteiger partial charge in [-0.2, -0.15) is 5.10 Å². The topological polar surface area (TPSA) is 65.4 Å². The van der Waals surface area contributed by atoms with Crippen molar-refractivity contribution in [3.05, 3.63) is 65.0 Å². The third kappa shape index (κ3) is 4.42. The van der Waals surface area contributed by atoms with Crippen molar-refractivity contribution < 1.29 is 14.3 Å². The zero-order chi connectivity index (χ0) is 21.0. The van der Waals surface area contributed by atoms with Crippen molar-refractivity contribution in [2.45, 2.75) is 34.6 Å². The van der Waals surface area contributed by atoms with Crippen LogP contribution in [-0.2, 0) is 0 Å². The van der Waals surface area contributed by atoms with Crippen molar-refractivity contribution in [1.29, 1.82) is 0 Å². The Morgan fingerprint density at radius 2 is 1.62 bits per heavy atom. The van der Waals surface area contributed by atoms with Crippen molar-refractivity contribution in [2.75, 3.05) is 18.5 Å². The molecule has 29 heavy (non-hydrogen) atoms. The normalized spacial score (nSPS) is 10.7. The number of rotatable bonds is 7. The molecule has 6 heteroatoms. The van der Waals surface area contributed by atoms with Crippen LogP contribution < -0.4 is 14.8 Å². The van der Waals surface area contributed by atoms with E-state index in [2.05, 4.69) is 10.4 Å². The maximum Gasteiger partial charge on any atom is 0.255 e. The van der Waals surface area contributed by atoms with E-state index in [1.807, 2.05) is 63.6 Å². The SMILES string of the molecule is CCOc1ccc(C(=O)Nc2c(C)nn(-c3ccc(C)cc3)c2C)cc1OCC. The van der Waals surface area contributed by atoms with Crippen LogP contribution in [-0.4, -0.2) is 28.9 Å². The molecule has 1 amide bonds. The van der Waals surface area contributed by atoms with Gasteiger partial charge in [0, 0.05) is 5.56 Å². The highest BCUT2D eigenvalue weighted by Gasteiger charge is 2.17. The van der Waals surface area contributed by atoms with Gasteiger partial charge in [0.15, 0.2) is 11.5 Å². The molecule has 0 unspecified atom stereocenters. The molecule has 6 nitrogen and oxygen atoms in total. The van der Waals surface area contributed by atoms with E-state index in [4.69, 9.17) is 9.47 Å². The van der Waals surface area contributed by atoms with Crippen LogP contribution in [0.15, 0.2) is 42.5 Å². The molecule has 1 N–H and O–H groups in total. The van der Waals surface area contributed by atoms with E-state index < -0.39 is 0 Å². The average Bonchev–Trinajstić information content (AvgIpc) is 2.98. The van der Waals surface area contributed by atoms with Crippen LogP contribution in [0.2, 0.25) is 0 Å². The number of hydrogen-bond donors (Lipinski definition) is 1. The second-order valence-electron chi connectivity index (χ2n) is 6.77. The van der Waals surface area contributed by atoms with Crippen LogP contribution in [0.4, 0.5) is 5.69 Å². The highest BCUT2D eigenvalue weighted by molar-refractivity contribution is 6.05. The molecule has 2 aromatic carbocycles. The highest BCUT2D eigenvalue weighted by Crippen LogP contribution is 2.29. The van der Waals surface area contributed by atoms with Gasteiger partial charge in [0.1, 0.15) is 0 Å². The molecular weight excluding hydrogens is 366 g/mol. The number of hydrogen-bond acceptors (Lipinski definition) is 4. The lowest BCUT2D eigenvalue weighted by atomic mass is 10.1. The summed E-state index contributed by atoms with van der Waals surface area (Å²) in [5.41, 5.74) is 4.98. The molecular formula is C23H27N3O3. The standard InChI is InChI=1S/C23H27N3O3/c1-6-28-20-13-10-18(14-21(20)29-7-2)23(27)24-22-16(4)25-26(17(22)5)19-11-8-15(3)9-12-19/h8-14H,6-7H2,1-5H3,(H,24,27). The van der Waals surface area contributed by atoms with Gasteiger partial charge in [0.2, 0.25) is 0 Å². The first kappa shape index (κ1) is 20.5. The van der Waals surface area contributed by atoms with Crippen LogP contribution in [0.25, 0.3) is 5.69 Å². The fourth-order valence-corrected chi connectivity index (χ4v) is 3.14. The van der Waals surface area contributed by atoms with Crippen molar-refractivity contribution >= 4 is 11.6 Å². The summed E-state index contributed by atoms with van der Waals surface area (Å²) in [6, 6.07) is 13.3. The Morgan fingerprint density at radius 3 is 2.28 bits per heavy atom. The summed E-state index contributed by atoms with van der Waals surface area (Å²) in [7, 11) is 0. The van der Waals surface area contributed by atoms with E-state index in [9.17, 15) is 4.79 Å². The Labute approximate surface area is 171 Å². The van der Waals surface area contributed by atoms with E-state index >= 15 is 0 Å². The number of nitrogens with one attached hydrogen (secondary N) is 1. The predicted octanol–water partition coefficient (Wildman–Crippen LogP) is 4.85. The van der Waals surface area contributed by atoms with Crippen molar-refractivity contribution in [3.8, 4) is 17.2 Å². The molecule has 3 rings (SSSR count). The predicted molar refractivity (Wildman–Crippen MR) is 115 cm³/mol. The molecule has 0 saturated heterocycles. The number of carbonyl (C=O) groups is 1. The number of ether oxygens (including phenoxy) is 2. The molecule has 0 aliphatic rings. The quantitative estimate of drug-likeness (QED) is 0.623. The van der Waals surface area contributed by atoms with Crippen LogP contribution in [0.3, 0.4) is 0 Å². The monoisotopic (exact) mass is 393 g/mol. The van der Waals surface area contributed by atoms with E-state index in [0.717, 1.165) is 17.1 Å². The maximum atomic E-state index is 12.9. The lowest BCUT2D eigenvalue weighted by Gasteiger charge is -2.12. The first-order valence-corrected chi connectivity index (χ1v) is 9.78. The lowest BCUT2D eigenvalue weighted by Crippen LogP contribution is -2.13. The third-order valence-electron chi connectivity index (χ3n) is 4.61. The molecule has 0 fully saturated rings. The van der Waals surface area contributed by atoms with Crippen LogP contribution in [0.1, 0.15) is 41.2 Å². The molecule has 1 heterocycles. The number of aryl methyl sites for hydroxylation is 2. The number of aromatic nitrogens is 2. The largest absolute Gasteiger partial charge is 0.490 e.